The molecule has 4 nitrogen and oxygen atoms in total. The van der Waals surface area contributed by atoms with E-state index < -0.39 is 0 Å². The summed E-state index contributed by atoms with van der Waals surface area (Å²) in [6.45, 7) is 7.93. The molecular weight excluding hydrogens is 498 g/mol. The molecule has 0 radical (unpaired) electrons. The SMILES string of the molecule is CCC.Cc1ccc2c(c1)CCc1cc(Br)cnc1C2=C1CCN(C(=O)Cc2ccncc2)CC1. The Labute approximate surface area is 217 Å². The van der Waals surface area contributed by atoms with Crippen LogP contribution in [0.3, 0.4) is 0 Å². The number of rotatable bonds is 2. The summed E-state index contributed by atoms with van der Waals surface area (Å²) in [6, 6.07) is 12.9. The Morgan fingerprint density at radius 1 is 0.971 bits per heavy atom. The van der Waals surface area contributed by atoms with Gasteiger partial charge in [0.15, 0.2) is 0 Å². The van der Waals surface area contributed by atoms with Gasteiger partial charge in [0, 0.05) is 41.7 Å². The van der Waals surface area contributed by atoms with Gasteiger partial charge in [0.1, 0.15) is 0 Å². The summed E-state index contributed by atoms with van der Waals surface area (Å²) in [5, 5.41) is 0. The molecule has 2 aliphatic rings. The van der Waals surface area contributed by atoms with Gasteiger partial charge >= 0.3 is 0 Å². The number of piperidine rings is 1. The molecule has 0 N–H and O–H groups in total. The van der Waals surface area contributed by atoms with Crippen molar-refractivity contribution in [1.82, 2.24) is 14.9 Å². The molecule has 1 amide bonds. The molecule has 1 fully saturated rings. The first-order valence-electron chi connectivity index (χ1n) is 12.6. The van der Waals surface area contributed by atoms with Crippen molar-refractivity contribution in [3.63, 3.8) is 0 Å². The van der Waals surface area contributed by atoms with Crippen molar-refractivity contribution in [2.24, 2.45) is 0 Å². The molecule has 1 aliphatic heterocycles. The normalized spacial score (nSPS) is 14.9. The molecule has 0 saturated carbocycles. The fraction of sp³-hybridized carbons (Fsp3) is 0.367. The summed E-state index contributed by atoms with van der Waals surface area (Å²) in [4.78, 5) is 23.8. The monoisotopic (exact) mass is 531 g/mol. The van der Waals surface area contributed by atoms with Crippen LogP contribution in [0.2, 0.25) is 0 Å². The van der Waals surface area contributed by atoms with E-state index >= 15 is 0 Å². The largest absolute Gasteiger partial charge is 0.342 e. The van der Waals surface area contributed by atoms with Gasteiger partial charge in [-0.05, 0) is 89.0 Å². The third-order valence-electron chi connectivity index (χ3n) is 6.54. The van der Waals surface area contributed by atoms with E-state index in [0.29, 0.717) is 6.42 Å². The van der Waals surface area contributed by atoms with E-state index in [-0.39, 0.29) is 5.91 Å². The average Bonchev–Trinajstić information content (AvgIpc) is 3.01. The van der Waals surface area contributed by atoms with Crippen molar-refractivity contribution in [3.8, 4) is 0 Å². The topological polar surface area (TPSA) is 46.1 Å². The first-order valence-corrected chi connectivity index (χ1v) is 13.4. The van der Waals surface area contributed by atoms with E-state index in [1.807, 2.05) is 23.2 Å². The summed E-state index contributed by atoms with van der Waals surface area (Å²) >= 11 is 3.60. The molecule has 0 atom stereocenters. The van der Waals surface area contributed by atoms with Crippen molar-refractivity contribution in [2.45, 2.75) is 59.3 Å². The summed E-state index contributed by atoms with van der Waals surface area (Å²) in [6.07, 6.45) is 10.9. The number of amides is 1. The minimum Gasteiger partial charge on any atom is -0.342 e. The Morgan fingerprint density at radius 3 is 2.37 bits per heavy atom. The van der Waals surface area contributed by atoms with Crippen LogP contribution in [0.15, 0.2) is 65.0 Å². The van der Waals surface area contributed by atoms with Crippen molar-refractivity contribution in [1.29, 1.82) is 0 Å². The van der Waals surface area contributed by atoms with Crippen LogP contribution in [0, 0.1) is 6.92 Å². The number of fused-ring (bicyclic) bond motifs is 2. The zero-order chi connectivity index (χ0) is 24.8. The molecule has 3 aromatic rings. The van der Waals surface area contributed by atoms with E-state index in [1.165, 1.54) is 39.8 Å². The second kappa shape index (κ2) is 11.8. The van der Waals surface area contributed by atoms with E-state index in [9.17, 15) is 4.79 Å². The van der Waals surface area contributed by atoms with Gasteiger partial charge in [-0.15, -0.1) is 0 Å². The number of nitrogens with zero attached hydrogens (tertiary/aromatic N) is 3. The van der Waals surface area contributed by atoms with Crippen molar-refractivity contribution < 1.29 is 4.79 Å². The van der Waals surface area contributed by atoms with E-state index in [2.05, 4.69) is 66.0 Å². The highest BCUT2D eigenvalue weighted by Gasteiger charge is 2.26. The van der Waals surface area contributed by atoms with Gasteiger partial charge in [0.25, 0.3) is 0 Å². The number of aryl methyl sites for hydroxylation is 3. The zero-order valence-electron chi connectivity index (χ0n) is 21.0. The fourth-order valence-electron chi connectivity index (χ4n) is 4.89. The minimum atomic E-state index is 0.194. The van der Waals surface area contributed by atoms with Crippen LogP contribution in [-0.4, -0.2) is 33.9 Å². The predicted molar refractivity (Wildman–Crippen MR) is 146 cm³/mol. The minimum absolute atomic E-state index is 0.194. The van der Waals surface area contributed by atoms with E-state index in [0.717, 1.165) is 54.5 Å². The molecule has 5 heteroatoms. The molecule has 0 bridgehead atoms. The van der Waals surface area contributed by atoms with Crippen LogP contribution in [0.4, 0.5) is 0 Å². The Balaban J connectivity index is 0.000000917. The summed E-state index contributed by atoms with van der Waals surface area (Å²) in [5.74, 6) is 0.194. The molecule has 5 rings (SSSR count). The average molecular weight is 533 g/mol. The second-order valence-corrected chi connectivity index (χ2v) is 10.3. The van der Waals surface area contributed by atoms with Crippen LogP contribution < -0.4 is 0 Å². The Bertz CT molecular complexity index is 1150. The maximum Gasteiger partial charge on any atom is 0.227 e. The summed E-state index contributed by atoms with van der Waals surface area (Å²) in [7, 11) is 0. The lowest BCUT2D eigenvalue weighted by Gasteiger charge is -2.30. The van der Waals surface area contributed by atoms with Crippen LogP contribution in [0.25, 0.3) is 5.57 Å². The predicted octanol–water partition coefficient (Wildman–Crippen LogP) is 6.73. The highest BCUT2D eigenvalue weighted by atomic mass is 79.9. The Kier molecular flexibility index (Phi) is 8.50. The molecule has 0 unspecified atom stereocenters. The molecule has 35 heavy (non-hydrogen) atoms. The van der Waals surface area contributed by atoms with E-state index in [4.69, 9.17) is 4.98 Å². The smallest absolute Gasteiger partial charge is 0.227 e. The summed E-state index contributed by atoms with van der Waals surface area (Å²) < 4.78 is 1.03. The number of aromatic nitrogens is 2. The van der Waals surface area contributed by atoms with Gasteiger partial charge in [0.2, 0.25) is 5.91 Å². The third kappa shape index (κ3) is 6.07. The van der Waals surface area contributed by atoms with Crippen LogP contribution in [0.5, 0.6) is 0 Å². The molecule has 1 aromatic carbocycles. The van der Waals surface area contributed by atoms with Crippen molar-refractivity contribution in [2.75, 3.05) is 13.1 Å². The molecule has 2 aromatic heterocycles. The van der Waals surface area contributed by atoms with Crippen LogP contribution >= 0.6 is 15.9 Å². The highest BCUT2D eigenvalue weighted by molar-refractivity contribution is 9.10. The maximum atomic E-state index is 12.8. The van der Waals surface area contributed by atoms with Gasteiger partial charge < -0.3 is 4.90 Å². The first-order chi connectivity index (χ1) is 17.0. The van der Waals surface area contributed by atoms with Crippen molar-refractivity contribution in [3.05, 3.63) is 98.5 Å². The molecule has 182 valence electrons. The highest BCUT2D eigenvalue weighted by Crippen LogP contribution is 2.38. The fourth-order valence-corrected chi connectivity index (χ4v) is 5.27. The maximum absolute atomic E-state index is 12.8. The number of carbonyl (C=O) groups excluding carboxylic acids is 1. The van der Waals surface area contributed by atoms with E-state index in [1.54, 1.807) is 12.4 Å². The number of hydrogen-bond donors (Lipinski definition) is 0. The quantitative estimate of drug-likeness (QED) is 0.368. The van der Waals surface area contributed by atoms with Gasteiger partial charge in [-0.3, -0.25) is 14.8 Å². The lowest BCUT2D eigenvalue weighted by atomic mass is 9.88. The lowest BCUT2D eigenvalue weighted by Crippen LogP contribution is -2.37. The summed E-state index contributed by atoms with van der Waals surface area (Å²) in [5.41, 5.74) is 10.2. The molecule has 3 heterocycles. The van der Waals surface area contributed by atoms with Gasteiger partial charge in [-0.25, -0.2) is 0 Å². The number of hydrogen-bond acceptors (Lipinski definition) is 3. The Hall–Kier alpha value is -2.79. The second-order valence-electron chi connectivity index (χ2n) is 9.42. The molecule has 1 saturated heterocycles. The number of likely N-dealkylation sites (tertiary alicyclic amines) is 1. The number of carbonyl (C=O) groups is 1. The number of benzene rings is 1. The van der Waals surface area contributed by atoms with Gasteiger partial charge in [0.05, 0.1) is 12.1 Å². The van der Waals surface area contributed by atoms with Crippen LogP contribution in [0.1, 0.15) is 66.6 Å². The molecule has 1 aliphatic carbocycles. The number of pyridine rings is 2. The van der Waals surface area contributed by atoms with Crippen molar-refractivity contribution >= 4 is 27.4 Å². The standard InChI is InChI=1S/C27H26BrN3O.C3H8/c1-18-2-5-24-21(14-18)3-4-22-16-23(28)17-30-27(22)26(24)20-8-12-31(13-9-20)25(32)15-19-6-10-29-11-7-19;1-3-2/h2,5-7,10-11,14,16-17H,3-4,8-9,12-13,15H2,1H3;3H2,1-2H3. The lowest BCUT2D eigenvalue weighted by molar-refractivity contribution is -0.130. The Morgan fingerprint density at radius 2 is 1.66 bits per heavy atom. The molecular formula is C30H34BrN3O. The number of halogens is 1. The van der Waals surface area contributed by atoms with Crippen LogP contribution in [-0.2, 0) is 24.1 Å². The first kappa shape index (κ1) is 25.3. The van der Waals surface area contributed by atoms with Gasteiger partial charge in [-0.2, -0.15) is 0 Å². The zero-order valence-corrected chi connectivity index (χ0v) is 22.6. The third-order valence-corrected chi connectivity index (χ3v) is 6.98. The molecule has 0 spiro atoms. The van der Waals surface area contributed by atoms with Gasteiger partial charge in [-0.1, -0.05) is 49.6 Å².